The smallest absolute Gasteiger partial charge is 0.281 e. The molecule has 1 unspecified atom stereocenters. The molecule has 1 saturated heterocycles. The maximum Gasteiger partial charge on any atom is 0.281 e. The largest absolute Gasteiger partial charge is 0.385 e. The van der Waals surface area contributed by atoms with Crippen LogP contribution in [0, 0.1) is 0 Å². The van der Waals surface area contributed by atoms with Gasteiger partial charge in [0.15, 0.2) is 11.2 Å². The van der Waals surface area contributed by atoms with Crippen molar-refractivity contribution < 1.29 is 4.74 Å². The van der Waals surface area contributed by atoms with E-state index in [2.05, 4.69) is 22.3 Å². The minimum atomic E-state index is -0.116. The number of rotatable bonds is 8. The third kappa shape index (κ3) is 4.57. The summed E-state index contributed by atoms with van der Waals surface area (Å²) in [4.78, 5) is 25.1. The Balaban J connectivity index is 1.78. The number of fused-ring (bicyclic) bond motifs is 1. The zero-order valence-corrected chi connectivity index (χ0v) is 18.3. The van der Waals surface area contributed by atoms with Gasteiger partial charge in [-0.15, -0.1) is 0 Å². The van der Waals surface area contributed by atoms with E-state index in [1.807, 2.05) is 22.8 Å². The molecule has 3 N–H and O–H groups in total. The molecule has 0 aliphatic carbocycles. The second-order valence-corrected chi connectivity index (χ2v) is 8.08. The van der Waals surface area contributed by atoms with E-state index in [0.29, 0.717) is 36.8 Å². The fourth-order valence-corrected chi connectivity index (χ4v) is 4.07. The second-order valence-electron chi connectivity index (χ2n) is 8.08. The van der Waals surface area contributed by atoms with Crippen molar-refractivity contribution in [3.63, 3.8) is 0 Å². The van der Waals surface area contributed by atoms with E-state index >= 15 is 0 Å². The fraction of sp³-hybridized carbons (Fsp3) is 0.500. The molecule has 9 heteroatoms. The Morgan fingerprint density at radius 1 is 1.26 bits per heavy atom. The second kappa shape index (κ2) is 9.49. The summed E-state index contributed by atoms with van der Waals surface area (Å²) in [5, 5.41) is 3.23. The summed E-state index contributed by atoms with van der Waals surface area (Å²) in [5.41, 5.74) is 8.20. The number of anilines is 2. The van der Waals surface area contributed by atoms with Crippen molar-refractivity contribution in [2.45, 2.75) is 31.8 Å². The number of aromatic nitrogens is 4. The summed E-state index contributed by atoms with van der Waals surface area (Å²) in [6, 6.07) is 10.2. The Morgan fingerprint density at radius 3 is 2.81 bits per heavy atom. The first-order chi connectivity index (χ1) is 15.1. The number of piperidine rings is 1. The van der Waals surface area contributed by atoms with Gasteiger partial charge in [0.25, 0.3) is 5.56 Å². The van der Waals surface area contributed by atoms with Gasteiger partial charge in [0, 0.05) is 46.4 Å². The standard InChI is InChI=1S/C22H31N7O2/c1-27-20(30)18-19(25-21(27)24-11-7-13-31-2)26-22(28-12-6-10-17(23)15-28)29(18)14-16-8-4-3-5-9-16/h3-5,8-9,17H,6-7,10-15,23H2,1-2H3,(H,24,25). The lowest BCUT2D eigenvalue weighted by atomic mass is 10.1. The predicted octanol–water partition coefficient (Wildman–Crippen LogP) is 1.55. The van der Waals surface area contributed by atoms with Crippen molar-refractivity contribution in [2.24, 2.45) is 12.8 Å². The molecule has 9 nitrogen and oxygen atoms in total. The van der Waals surface area contributed by atoms with Gasteiger partial charge in [0.2, 0.25) is 11.9 Å². The van der Waals surface area contributed by atoms with Crippen LogP contribution in [0.5, 0.6) is 0 Å². The Morgan fingerprint density at radius 2 is 2.06 bits per heavy atom. The van der Waals surface area contributed by atoms with E-state index in [4.69, 9.17) is 20.4 Å². The summed E-state index contributed by atoms with van der Waals surface area (Å²) in [6.45, 7) is 3.46. The van der Waals surface area contributed by atoms with Crippen LogP contribution < -0.4 is 21.5 Å². The van der Waals surface area contributed by atoms with Gasteiger partial charge >= 0.3 is 0 Å². The van der Waals surface area contributed by atoms with E-state index < -0.39 is 0 Å². The Bertz CT molecular complexity index is 1080. The van der Waals surface area contributed by atoms with Gasteiger partial charge in [-0.05, 0) is 24.8 Å². The maximum atomic E-state index is 13.4. The zero-order valence-electron chi connectivity index (χ0n) is 18.3. The number of methoxy groups -OCH3 is 1. The summed E-state index contributed by atoms with van der Waals surface area (Å²) in [5.74, 6) is 1.27. The first-order valence-electron chi connectivity index (χ1n) is 10.8. The number of benzene rings is 1. The van der Waals surface area contributed by atoms with Gasteiger partial charge in [0.05, 0.1) is 6.54 Å². The average Bonchev–Trinajstić information content (AvgIpc) is 3.13. The average molecular weight is 426 g/mol. The van der Waals surface area contributed by atoms with Gasteiger partial charge in [-0.25, -0.2) is 0 Å². The molecule has 1 fully saturated rings. The number of hydrogen-bond acceptors (Lipinski definition) is 7. The Labute approximate surface area is 181 Å². The van der Waals surface area contributed by atoms with Gasteiger partial charge in [-0.2, -0.15) is 9.97 Å². The normalized spacial score (nSPS) is 16.7. The summed E-state index contributed by atoms with van der Waals surface area (Å²) in [6.07, 6.45) is 2.84. The lowest BCUT2D eigenvalue weighted by molar-refractivity contribution is 0.197. The minimum Gasteiger partial charge on any atom is -0.385 e. The zero-order chi connectivity index (χ0) is 21.8. The maximum absolute atomic E-state index is 13.4. The summed E-state index contributed by atoms with van der Waals surface area (Å²) < 4.78 is 8.65. The highest BCUT2D eigenvalue weighted by Gasteiger charge is 2.25. The van der Waals surface area contributed by atoms with Crippen molar-refractivity contribution in [3.8, 4) is 0 Å². The molecular weight excluding hydrogens is 394 g/mol. The van der Waals surface area contributed by atoms with Crippen LogP contribution in [0.15, 0.2) is 35.1 Å². The van der Waals surface area contributed by atoms with E-state index in [1.54, 1.807) is 18.7 Å². The molecule has 3 aromatic rings. The molecule has 0 amide bonds. The molecular formula is C22H31N7O2. The van der Waals surface area contributed by atoms with Crippen LogP contribution in [-0.4, -0.2) is 58.5 Å². The van der Waals surface area contributed by atoms with E-state index in [1.165, 1.54) is 0 Å². The molecule has 1 aromatic carbocycles. The topological polar surface area (TPSA) is 103 Å². The van der Waals surface area contributed by atoms with Crippen molar-refractivity contribution in [1.29, 1.82) is 0 Å². The Hall–Kier alpha value is -2.91. The molecule has 166 valence electrons. The van der Waals surface area contributed by atoms with Gasteiger partial charge in [0.1, 0.15) is 0 Å². The fourth-order valence-electron chi connectivity index (χ4n) is 4.07. The quantitative estimate of drug-likeness (QED) is 0.528. The van der Waals surface area contributed by atoms with Crippen LogP contribution >= 0.6 is 0 Å². The number of imidazole rings is 1. The van der Waals surface area contributed by atoms with Gasteiger partial charge < -0.3 is 20.7 Å². The molecule has 0 spiro atoms. The molecule has 1 atom stereocenters. The van der Waals surface area contributed by atoms with Crippen LogP contribution in [0.25, 0.3) is 11.2 Å². The monoisotopic (exact) mass is 425 g/mol. The molecule has 1 aliphatic rings. The highest BCUT2D eigenvalue weighted by Crippen LogP contribution is 2.24. The first-order valence-corrected chi connectivity index (χ1v) is 10.8. The number of nitrogens with one attached hydrogen (secondary N) is 1. The van der Waals surface area contributed by atoms with Crippen LogP contribution in [0.3, 0.4) is 0 Å². The number of nitrogens with two attached hydrogens (primary N) is 1. The Kier molecular flexibility index (Phi) is 6.53. The van der Waals surface area contributed by atoms with Crippen LogP contribution in [0.2, 0.25) is 0 Å². The lowest BCUT2D eigenvalue weighted by Gasteiger charge is -2.31. The number of nitrogens with zero attached hydrogens (tertiary/aromatic N) is 5. The third-order valence-corrected chi connectivity index (χ3v) is 5.70. The lowest BCUT2D eigenvalue weighted by Crippen LogP contribution is -2.44. The predicted molar refractivity (Wildman–Crippen MR) is 123 cm³/mol. The van der Waals surface area contributed by atoms with E-state index in [-0.39, 0.29) is 11.6 Å². The molecule has 3 heterocycles. The van der Waals surface area contributed by atoms with Crippen LogP contribution in [0.4, 0.5) is 11.9 Å². The highest BCUT2D eigenvalue weighted by molar-refractivity contribution is 5.75. The molecule has 1 aliphatic heterocycles. The van der Waals surface area contributed by atoms with Crippen LogP contribution in [0.1, 0.15) is 24.8 Å². The van der Waals surface area contributed by atoms with Crippen molar-refractivity contribution in [3.05, 3.63) is 46.2 Å². The van der Waals surface area contributed by atoms with E-state index in [0.717, 1.165) is 43.9 Å². The molecule has 4 rings (SSSR count). The highest BCUT2D eigenvalue weighted by atomic mass is 16.5. The van der Waals surface area contributed by atoms with Crippen molar-refractivity contribution >= 4 is 23.1 Å². The summed E-state index contributed by atoms with van der Waals surface area (Å²) in [7, 11) is 3.41. The molecule has 31 heavy (non-hydrogen) atoms. The molecule has 2 aromatic heterocycles. The van der Waals surface area contributed by atoms with E-state index in [9.17, 15) is 4.79 Å². The van der Waals surface area contributed by atoms with Gasteiger partial charge in [-0.1, -0.05) is 30.3 Å². The number of hydrogen-bond donors (Lipinski definition) is 2. The number of ether oxygens (including phenoxy) is 1. The third-order valence-electron chi connectivity index (χ3n) is 5.70. The summed E-state index contributed by atoms with van der Waals surface area (Å²) >= 11 is 0. The molecule has 0 bridgehead atoms. The van der Waals surface area contributed by atoms with Crippen LogP contribution in [-0.2, 0) is 18.3 Å². The van der Waals surface area contributed by atoms with Gasteiger partial charge in [-0.3, -0.25) is 13.9 Å². The first kappa shape index (κ1) is 21.3. The van der Waals surface area contributed by atoms with Crippen molar-refractivity contribution in [2.75, 3.05) is 43.6 Å². The minimum absolute atomic E-state index is 0.104. The molecule has 0 saturated carbocycles. The SMILES string of the molecule is COCCCNc1nc2nc(N3CCCC(N)C3)n(Cc3ccccc3)c2c(=O)n1C. The molecule has 0 radical (unpaired) electrons. The van der Waals surface area contributed by atoms with Crippen molar-refractivity contribution in [1.82, 2.24) is 19.1 Å².